The van der Waals surface area contributed by atoms with Crippen molar-refractivity contribution in [3.05, 3.63) is 58.7 Å². The molecular formula is C21H24Cl2N4OS. The number of hydrogen-bond acceptors (Lipinski definition) is 5. The molecule has 1 amide bonds. The minimum atomic E-state index is -0.388. The number of aromatic nitrogens is 2. The van der Waals surface area contributed by atoms with E-state index in [1.807, 2.05) is 29.9 Å². The summed E-state index contributed by atoms with van der Waals surface area (Å²) in [5.74, 6) is 0.142. The fourth-order valence-corrected chi connectivity index (χ4v) is 5.30. The summed E-state index contributed by atoms with van der Waals surface area (Å²) in [6.45, 7) is 0.507. The molecule has 5 rings (SSSR count). The van der Waals surface area contributed by atoms with E-state index in [1.165, 1.54) is 6.42 Å². The van der Waals surface area contributed by atoms with Crippen LogP contribution < -0.4 is 10.6 Å². The SMILES string of the molecule is Cl.Cl.O=C(NCc1cnc2ccccc2c1)[C@]1(Cc2cscn2)C[C@@H]2CC[C@H]1N2. The molecule has 4 heterocycles. The first-order valence-corrected chi connectivity index (χ1v) is 10.4. The zero-order valence-corrected chi connectivity index (χ0v) is 18.3. The van der Waals surface area contributed by atoms with Crippen LogP contribution in [0.25, 0.3) is 10.9 Å². The first kappa shape index (κ1) is 22.0. The Morgan fingerprint density at radius 3 is 2.83 bits per heavy atom. The molecule has 1 aromatic carbocycles. The van der Waals surface area contributed by atoms with Crippen LogP contribution in [0.1, 0.15) is 30.5 Å². The van der Waals surface area contributed by atoms with Crippen molar-refractivity contribution in [1.29, 1.82) is 0 Å². The second-order valence-corrected chi connectivity index (χ2v) is 8.45. The van der Waals surface area contributed by atoms with Gasteiger partial charge in [0.15, 0.2) is 0 Å². The van der Waals surface area contributed by atoms with Crippen LogP contribution in [0.5, 0.6) is 0 Å². The molecule has 2 N–H and O–H groups in total. The Morgan fingerprint density at radius 2 is 2.10 bits per heavy atom. The van der Waals surface area contributed by atoms with Gasteiger partial charge in [-0.05, 0) is 37.0 Å². The number of amides is 1. The van der Waals surface area contributed by atoms with Gasteiger partial charge >= 0.3 is 0 Å². The molecule has 154 valence electrons. The molecule has 0 spiro atoms. The number of benzene rings is 1. The molecule has 2 aromatic heterocycles. The number of rotatable bonds is 5. The highest BCUT2D eigenvalue weighted by molar-refractivity contribution is 7.07. The largest absolute Gasteiger partial charge is 0.351 e. The molecular weight excluding hydrogens is 427 g/mol. The number of carbonyl (C=O) groups is 1. The van der Waals surface area contributed by atoms with E-state index in [9.17, 15) is 4.79 Å². The Labute approximate surface area is 186 Å². The van der Waals surface area contributed by atoms with Gasteiger partial charge in [0.05, 0.1) is 22.1 Å². The van der Waals surface area contributed by atoms with Gasteiger partial charge in [-0.1, -0.05) is 18.2 Å². The maximum Gasteiger partial charge on any atom is 0.228 e. The maximum atomic E-state index is 13.3. The number of nitrogens with zero attached hydrogens (tertiary/aromatic N) is 2. The summed E-state index contributed by atoms with van der Waals surface area (Å²) >= 11 is 1.59. The molecule has 8 heteroatoms. The average molecular weight is 451 g/mol. The third-order valence-electron chi connectivity index (χ3n) is 6.05. The number of hydrogen-bond donors (Lipinski definition) is 2. The second kappa shape index (κ2) is 8.96. The Balaban J connectivity index is 0.00000120. The van der Waals surface area contributed by atoms with Crippen molar-refractivity contribution in [3.8, 4) is 0 Å². The van der Waals surface area contributed by atoms with Crippen LogP contribution in [0.4, 0.5) is 0 Å². The van der Waals surface area contributed by atoms with Gasteiger partial charge in [0, 0.05) is 42.0 Å². The molecule has 2 aliphatic heterocycles. The molecule has 0 unspecified atom stereocenters. The average Bonchev–Trinajstić information content (AvgIpc) is 3.44. The molecule has 29 heavy (non-hydrogen) atoms. The van der Waals surface area contributed by atoms with Crippen molar-refractivity contribution in [3.63, 3.8) is 0 Å². The van der Waals surface area contributed by atoms with Gasteiger partial charge in [-0.3, -0.25) is 9.78 Å². The van der Waals surface area contributed by atoms with Crippen LogP contribution in [0, 0.1) is 5.41 Å². The topological polar surface area (TPSA) is 66.9 Å². The fraction of sp³-hybridized carbons (Fsp3) is 0.381. The fourth-order valence-electron chi connectivity index (χ4n) is 4.74. The van der Waals surface area contributed by atoms with E-state index in [-0.39, 0.29) is 42.2 Å². The Kier molecular flexibility index (Phi) is 6.79. The molecule has 2 bridgehead atoms. The molecule has 3 atom stereocenters. The number of thiazole rings is 1. The van der Waals surface area contributed by atoms with Gasteiger partial charge in [-0.25, -0.2) is 4.98 Å². The van der Waals surface area contributed by atoms with E-state index in [4.69, 9.17) is 0 Å². The smallest absolute Gasteiger partial charge is 0.228 e. The highest BCUT2D eigenvalue weighted by Gasteiger charge is 2.55. The van der Waals surface area contributed by atoms with E-state index in [2.05, 4.69) is 38.1 Å². The zero-order valence-electron chi connectivity index (χ0n) is 15.8. The summed E-state index contributed by atoms with van der Waals surface area (Å²) in [5.41, 5.74) is 4.49. The molecule has 0 radical (unpaired) electrons. The molecule has 0 saturated carbocycles. The van der Waals surface area contributed by atoms with Crippen molar-refractivity contribution in [2.75, 3.05) is 0 Å². The van der Waals surface area contributed by atoms with Gasteiger partial charge in [-0.2, -0.15) is 0 Å². The molecule has 2 aliphatic rings. The lowest BCUT2D eigenvalue weighted by Gasteiger charge is -2.34. The van der Waals surface area contributed by atoms with Gasteiger partial charge in [0.25, 0.3) is 0 Å². The van der Waals surface area contributed by atoms with Crippen LogP contribution in [0.15, 0.2) is 47.4 Å². The van der Waals surface area contributed by atoms with Crippen LogP contribution >= 0.6 is 36.2 Å². The lowest BCUT2D eigenvalue weighted by molar-refractivity contribution is -0.132. The van der Waals surface area contributed by atoms with Crippen LogP contribution in [0.3, 0.4) is 0 Å². The lowest BCUT2D eigenvalue weighted by atomic mass is 9.70. The quantitative estimate of drug-likeness (QED) is 0.618. The Hall–Kier alpha value is -1.73. The maximum absolute atomic E-state index is 13.3. The van der Waals surface area contributed by atoms with Gasteiger partial charge < -0.3 is 10.6 Å². The minimum Gasteiger partial charge on any atom is -0.351 e. The number of carbonyl (C=O) groups excluding carboxylic acids is 1. The Bertz CT molecular complexity index is 984. The van der Waals surface area contributed by atoms with Crippen molar-refractivity contribution < 1.29 is 4.79 Å². The highest BCUT2D eigenvalue weighted by atomic mass is 35.5. The van der Waals surface area contributed by atoms with Crippen molar-refractivity contribution in [2.45, 2.75) is 44.3 Å². The lowest BCUT2D eigenvalue weighted by Crippen LogP contribution is -2.49. The summed E-state index contributed by atoms with van der Waals surface area (Å²) < 4.78 is 0. The Morgan fingerprint density at radius 1 is 1.24 bits per heavy atom. The van der Waals surface area contributed by atoms with Gasteiger partial charge in [0.1, 0.15) is 0 Å². The van der Waals surface area contributed by atoms with E-state index in [0.29, 0.717) is 19.0 Å². The van der Waals surface area contributed by atoms with Crippen LogP contribution in [0.2, 0.25) is 0 Å². The first-order valence-electron chi connectivity index (χ1n) is 9.48. The highest BCUT2D eigenvalue weighted by Crippen LogP contribution is 2.45. The third kappa shape index (κ3) is 4.12. The van der Waals surface area contributed by atoms with E-state index >= 15 is 0 Å². The summed E-state index contributed by atoms with van der Waals surface area (Å²) in [6.07, 6.45) is 5.71. The molecule has 5 nitrogen and oxygen atoms in total. The number of nitrogens with one attached hydrogen (secondary N) is 2. The number of para-hydroxylation sites is 1. The van der Waals surface area contributed by atoms with E-state index in [0.717, 1.165) is 35.0 Å². The zero-order chi connectivity index (χ0) is 18.3. The number of fused-ring (bicyclic) bond motifs is 3. The van der Waals surface area contributed by atoms with Crippen LogP contribution in [-0.4, -0.2) is 28.0 Å². The molecule has 2 saturated heterocycles. The number of halogens is 2. The van der Waals surface area contributed by atoms with Crippen molar-refractivity contribution >= 4 is 53.0 Å². The second-order valence-electron chi connectivity index (χ2n) is 7.73. The van der Waals surface area contributed by atoms with E-state index < -0.39 is 0 Å². The molecule has 3 aromatic rings. The van der Waals surface area contributed by atoms with E-state index in [1.54, 1.807) is 11.3 Å². The predicted molar refractivity (Wildman–Crippen MR) is 121 cm³/mol. The monoisotopic (exact) mass is 450 g/mol. The van der Waals surface area contributed by atoms with Crippen molar-refractivity contribution in [2.24, 2.45) is 5.41 Å². The number of pyridine rings is 1. The molecule has 2 fully saturated rings. The summed E-state index contributed by atoms with van der Waals surface area (Å²) in [6, 6.07) is 10.9. The van der Waals surface area contributed by atoms with Gasteiger partial charge in [-0.15, -0.1) is 36.2 Å². The predicted octanol–water partition coefficient (Wildman–Crippen LogP) is 3.90. The summed E-state index contributed by atoms with van der Waals surface area (Å²) in [4.78, 5) is 22.3. The third-order valence-corrected chi connectivity index (χ3v) is 6.69. The normalized spacial score (nSPS) is 24.7. The summed E-state index contributed by atoms with van der Waals surface area (Å²) in [7, 11) is 0. The molecule has 0 aliphatic carbocycles. The summed E-state index contributed by atoms with van der Waals surface area (Å²) in [5, 5.41) is 10.0. The van der Waals surface area contributed by atoms with Crippen LogP contribution in [-0.2, 0) is 17.8 Å². The standard InChI is InChI=1S/C21H22N4OS.2ClH/c26-20(23-11-14-7-15-3-1-2-4-18(15)22-10-14)21(9-17-12-27-13-24-17)8-16-5-6-19(21)25-16;;/h1-4,7,10,12-13,16,19,25H,5-6,8-9,11H2,(H,23,26);2*1H/t16-,19+,21-;;/m0../s1. The first-order chi connectivity index (χ1) is 13.2. The minimum absolute atomic E-state index is 0. The van der Waals surface area contributed by atoms with Gasteiger partial charge in [0.2, 0.25) is 5.91 Å². The van der Waals surface area contributed by atoms with Crippen molar-refractivity contribution in [1.82, 2.24) is 20.6 Å².